The van der Waals surface area contributed by atoms with Crippen LogP contribution >= 0.6 is 0 Å². The third-order valence-corrected chi connectivity index (χ3v) is 6.11. The summed E-state index contributed by atoms with van der Waals surface area (Å²) in [5, 5.41) is 0. The number of ether oxygens (including phenoxy) is 3. The Kier molecular flexibility index (Phi) is 7.27. The standard InChI is InChI=1S/C18H24N2O7S/c1-25-14-10-16(27-3)15(26-2)9-13(14)4-5-17(21)19-20-18(22)8-12-6-7-28(23,24)11-12/h4-5,9-10,12H,6-8,11H2,1-3H3,(H,19,21)(H,20,22)/b5-4+/t12-/m1/s1. The van der Waals surface area contributed by atoms with Gasteiger partial charge in [-0.1, -0.05) is 0 Å². The van der Waals surface area contributed by atoms with Crippen LogP contribution in [0.5, 0.6) is 17.2 Å². The number of carbonyl (C=O) groups excluding carboxylic acids is 2. The molecule has 1 aromatic rings. The lowest BCUT2D eigenvalue weighted by Crippen LogP contribution is -2.41. The third-order valence-electron chi connectivity index (χ3n) is 4.28. The van der Waals surface area contributed by atoms with Gasteiger partial charge in [0.05, 0.1) is 32.8 Å². The van der Waals surface area contributed by atoms with Crippen LogP contribution in [-0.2, 0) is 19.4 Å². The molecule has 2 rings (SSSR count). The Labute approximate surface area is 163 Å². The largest absolute Gasteiger partial charge is 0.496 e. The van der Waals surface area contributed by atoms with Crippen LogP contribution in [0, 0.1) is 5.92 Å². The molecule has 2 amide bonds. The van der Waals surface area contributed by atoms with Gasteiger partial charge < -0.3 is 14.2 Å². The highest BCUT2D eigenvalue weighted by Gasteiger charge is 2.29. The summed E-state index contributed by atoms with van der Waals surface area (Å²) in [6.07, 6.45) is 3.24. The summed E-state index contributed by atoms with van der Waals surface area (Å²) in [6, 6.07) is 3.29. The molecule has 154 valence electrons. The van der Waals surface area contributed by atoms with E-state index in [1.54, 1.807) is 12.1 Å². The zero-order valence-electron chi connectivity index (χ0n) is 16.0. The molecule has 0 radical (unpaired) electrons. The zero-order valence-corrected chi connectivity index (χ0v) is 16.8. The van der Waals surface area contributed by atoms with Crippen molar-refractivity contribution in [2.24, 2.45) is 5.92 Å². The van der Waals surface area contributed by atoms with Crippen molar-refractivity contribution in [3.63, 3.8) is 0 Å². The highest BCUT2D eigenvalue weighted by atomic mass is 32.2. The molecule has 0 unspecified atom stereocenters. The number of carbonyl (C=O) groups is 2. The highest BCUT2D eigenvalue weighted by Crippen LogP contribution is 2.35. The zero-order chi connectivity index (χ0) is 20.7. The molecule has 1 aliphatic rings. The van der Waals surface area contributed by atoms with Gasteiger partial charge in [0.15, 0.2) is 21.3 Å². The van der Waals surface area contributed by atoms with Gasteiger partial charge in [-0.3, -0.25) is 20.4 Å². The first-order chi connectivity index (χ1) is 13.3. The minimum absolute atomic E-state index is 0.00731. The second-order valence-electron chi connectivity index (χ2n) is 6.29. The van der Waals surface area contributed by atoms with Crippen LogP contribution in [0.1, 0.15) is 18.4 Å². The molecule has 1 saturated heterocycles. The van der Waals surface area contributed by atoms with Crippen molar-refractivity contribution in [2.75, 3.05) is 32.8 Å². The van der Waals surface area contributed by atoms with Gasteiger partial charge in [-0.25, -0.2) is 8.42 Å². The van der Waals surface area contributed by atoms with Gasteiger partial charge in [0, 0.05) is 24.1 Å². The van der Waals surface area contributed by atoms with E-state index in [9.17, 15) is 18.0 Å². The fraction of sp³-hybridized carbons (Fsp3) is 0.444. The van der Waals surface area contributed by atoms with E-state index >= 15 is 0 Å². The fourth-order valence-corrected chi connectivity index (χ4v) is 4.73. The number of methoxy groups -OCH3 is 3. The number of nitrogens with one attached hydrogen (secondary N) is 2. The van der Waals surface area contributed by atoms with Crippen LogP contribution in [-0.4, -0.2) is 53.1 Å². The van der Waals surface area contributed by atoms with Gasteiger partial charge in [-0.05, 0) is 24.5 Å². The normalized spacial score (nSPS) is 17.9. The molecular weight excluding hydrogens is 388 g/mol. The van der Waals surface area contributed by atoms with Crippen LogP contribution in [0.25, 0.3) is 6.08 Å². The van der Waals surface area contributed by atoms with E-state index in [0.717, 1.165) is 0 Å². The Hall–Kier alpha value is -2.75. The molecule has 1 fully saturated rings. The number of amides is 2. The second kappa shape index (κ2) is 9.45. The Morgan fingerprint density at radius 3 is 2.29 bits per heavy atom. The quantitative estimate of drug-likeness (QED) is 0.500. The maximum absolute atomic E-state index is 11.9. The van der Waals surface area contributed by atoms with Crippen LogP contribution in [0.4, 0.5) is 0 Å². The van der Waals surface area contributed by atoms with Gasteiger partial charge in [-0.15, -0.1) is 0 Å². The molecule has 0 saturated carbocycles. The van der Waals surface area contributed by atoms with E-state index < -0.39 is 21.7 Å². The van der Waals surface area contributed by atoms with Gasteiger partial charge in [0.25, 0.3) is 5.91 Å². The minimum Gasteiger partial charge on any atom is -0.496 e. The van der Waals surface area contributed by atoms with Crippen molar-refractivity contribution in [2.45, 2.75) is 12.8 Å². The SMILES string of the molecule is COc1cc(OC)c(OC)cc1/C=C/C(=O)NNC(=O)C[C@H]1CCS(=O)(=O)C1. The van der Waals surface area contributed by atoms with Crippen LogP contribution in [0.15, 0.2) is 18.2 Å². The van der Waals surface area contributed by atoms with E-state index in [2.05, 4.69) is 10.9 Å². The fourth-order valence-electron chi connectivity index (χ4n) is 2.87. The van der Waals surface area contributed by atoms with Gasteiger partial charge in [-0.2, -0.15) is 0 Å². The Balaban J connectivity index is 1.92. The molecule has 0 aliphatic carbocycles. The minimum atomic E-state index is -3.04. The summed E-state index contributed by atoms with van der Waals surface area (Å²) in [5.74, 6) is 0.351. The maximum atomic E-state index is 11.9. The maximum Gasteiger partial charge on any atom is 0.262 e. The van der Waals surface area contributed by atoms with E-state index in [0.29, 0.717) is 29.2 Å². The third kappa shape index (κ3) is 5.88. The molecule has 9 nitrogen and oxygen atoms in total. The first-order valence-corrected chi connectivity index (χ1v) is 10.4. The summed E-state index contributed by atoms with van der Waals surface area (Å²) >= 11 is 0. The predicted molar refractivity (Wildman–Crippen MR) is 103 cm³/mol. The molecule has 28 heavy (non-hydrogen) atoms. The van der Waals surface area contributed by atoms with E-state index in [-0.39, 0.29) is 23.8 Å². The highest BCUT2D eigenvalue weighted by molar-refractivity contribution is 7.91. The Morgan fingerprint density at radius 1 is 1.07 bits per heavy atom. The van der Waals surface area contributed by atoms with Crippen molar-refractivity contribution in [3.8, 4) is 17.2 Å². The van der Waals surface area contributed by atoms with Gasteiger partial charge >= 0.3 is 0 Å². The average Bonchev–Trinajstić information content (AvgIpc) is 3.01. The Bertz CT molecular complexity index is 865. The number of benzene rings is 1. The molecule has 1 aliphatic heterocycles. The average molecular weight is 412 g/mol. The molecular formula is C18H24N2O7S. The lowest BCUT2D eigenvalue weighted by Gasteiger charge is -2.12. The smallest absolute Gasteiger partial charge is 0.262 e. The molecule has 1 heterocycles. The van der Waals surface area contributed by atoms with Crippen molar-refractivity contribution < 1.29 is 32.2 Å². The summed E-state index contributed by atoms with van der Waals surface area (Å²) in [5.41, 5.74) is 5.13. The molecule has 2 N–H and O–H groups in total. The number of rotatable bonds is 7. The molecule has 0 spiro atoms. The summed E-state index contributed by atoms with van der Waals surface area (Å²) in [6.45, 7) is 0. The van der Waals surface area contributed by atoms with E-state index in [1.165, 1.54) is 33.5 Å². The van der Waals surface area contributed by atoms with Crippen molar-refractivity contribution in [3.05, 3.63) is 23.8 Å². The monoisotopic (exact) mass is 412 g/mol. The summed E-state index contributed by atoms with van der Waals surface area (Å²) in [7, 11) is 1.45. The summed E-state index contributed by atoms with van der Waals surface area (Å²) in [4.78, 5) is 23.8. The second-order valence-corrected chi connectivity index (χ2v) is 8.52. The van der Waals surface area contributed by atoms with Gasteiger partial charge in [0.1, 0.15) is 5.75 Å². The summed E-state index contributed by atoms with van der Waals surface area (Å²) < 4.78 is 38.5. The molecule has 0 aromatic heterocycles. The number of hydrogen-bond donors (Lipinski definition) is 2. The van der Waals surface area contributed by atoms with Crippen LogP contribution in [0.3, 0.4) is 0 Å². The first-order valence-electron chi connectivity index (χ1n) is 8.55. The first kappa shape index (κ1) is 21.5. The lowest BCUT2D eigenvalue weighted by atomic mass is 10.1. The van der Waals surface area contributed by atoms with E-state index in [4.69, 9.17) is 14.2 Å². The number of sulfone groups is 1. The predicted octanol–water partition coefficient (Wildman–Crippen LogP) is 0.698. The topological polar surface area (TPSA) is 120 Å². The molecule has 10 heteroatoms. The van der Waals surface area contributed by atoms with Crippen molar-refractivity contribution in [1.29, 1.82) is 0 Å². The number of hydrogen-bond acceptors (Lipinski definition) is 7. The van der Waals surface area contributed by atoms with Crippen LogP contribution < -0.4 is 25.1 Å². The number of hydrazine groups is 1. The van der Waals surface area contributed by atoms with Crippen molar-refractivity contribution >= 4 is 27.7 Å². The molecule has 1 aromatic carbocycles. The molecule has 1 atom stereocenters. The molecule has 0 bridgehead atoms. The van der Waals surface area contributed by atoms with E-state index in [1.807, 2.05) is 0 Å². The Morgan fingerprint density at radius 2 is 1.71 bits per heavy atom. The lowest BCUT2D eigenvalue weighted by molar-refractivity contribution is -0.127. The van der Waals surface area contributed by atoms with Crippen LogP contribution in [0.2, 0.25) is 0 Å². The van der Waals surface area contributed by atoms with Crippen molar-refractivity contribution in [1.82, 2.24) is 10.9 Å². The van der Waals surface area contributed by atoms with Gasteiger partial charge in [0.2, 0.25) is 5.91 Å².